The number of aromatic nitrogens is 1. The second-order valence-electron chi connectivity index (χ2n) is 7.12. The largest absolute Gasteiger partial charge is 0.322 e. The summed E-state index contributed by atoms with van der Waals surface area (Å²) < 4.78 is 40.1. The minimum Gasteiger partial charge on any atom is -0.322 e. The van der Waals surface area contributed by atoms with Crippen molar-refractivity contribution in [2.24, 2.45) is 11.8 Å². The van der Waals surface area contributed by atoms with Crippen LogP contribution in [-0.2, 0) is 10.0 Å². The van der Waals surface area contributed by atoms with Crippen LogP contribution in [0.25, 0.3) is 0 Å². The highest BCUT2D eigenvalue weighted by Crippen LogP contribution is 2.27. The number of carbonyl (C=O) groups is 1. The number of hydrogen-bond acceptors (Lipinski definition) is 4. The Morgan fingerprint density at radius 2 is 1.74 bits per heavy atom. The van der Waals surface area contributed by atoms with Gasteiger partial charge in [0.05, 0.1) is 10.5 Å². The Bertz CT molecular complexity index is 904. The molecule has 1 aliphatic rings. The minimum absolute atomic E-state index is 0.199. The van der Waals surface area contributed by atoms with Gasteiger partial charge in [0.1, 0.15) is 0 Å². The van der Waals surface area contributed by atoms with Crippen LogP contribution in [0.1, 0.15) is 30.6 Å². The normalized spacial score (nSPS) is 21.0. The summed E-state index contributed by atoms with van der Waals surface area (Å²) in [7, 11) is -3.56. The number of halogens is 1. The zero-order valence-electron chi connectivity index (χ0n) is 15.2. The van der Waals surface area contributed by atoms with Gasteiger partial charge >= 0.3 is 0 Å². The van der Waals surface area contributed by atoms with Gasteiger partial charge in [0.15, 0.2) is 0 Å². The van der Waals surface area contributed by atoms with Gasteiger partial charge in [-0.1, -0.05) is 13.8 Å². The predicted molar refractivity (Wildman–Crippen MR) is 100 cm³/mol. The fraction of sp³-hybridized carbons (Fsp3) is 0.368. The molecule has 2 heterocycles. The minimum atomic E-state index is -3.56. The summed E-state index contributed by atoms with van der Waals surface area (Å²) in [4.78, 5) is 15.8. The molecule has 0 saturated carbocycles. The molecule has 8 heteroatoms. The highest BCUT2D eigenvalue weighted by atomic mass is 32.2. The van der Waals surface area contributed by atoms with Gasteiger partial charge in [0.25, 0.3) is 5.91 Å². The summed E-state index contributed by atoms with van der Waals surface area (Å²) in [6.07, 6.45) is 2.16. The van der Waals surface area contributed by atoms with E-state index in [9.17, 15) is 17.6 Å². The molecule has 3 rings (SSSR count). The van der Waals surface area contributed by atoms with Crippen LogP contribution in [0.5, 0.6) is 0 Å². The number of nitrogens with one attached hydrogen (secondary N) is 1. The second-order valence-corrected chi connectivity index (χ2v) is 9.05. The van der Waals surface area contributed by atoms with Gasteiger partial charge in [-0.25, -0.2) is 13.4 Å². The molecular weight excluding hydrogens is 369 g/mol. The van der Waals surface area contributed by atoms with E-state index in [-0.39, 0.29) is 10.5 Å². The molecule has 2 aromatic rings. The van der Waals surface area contributed by atoms with Crippen molar-refractivity contribution in [2.45, 2.75) is 25.2 Å². The van der Waals surface area contributed by atoms with Crippen molar-refractivity contribution in [3.8, 4) is 0 Å². The Morgan fingerprint density at radius 3 is 2.30 bits per heavy atom. The lowest BCUT2D eigenvalue weighted by Crippen LogP contribution is -2.42. The van der Waals surface area contributed by atoms with Crippen LogP contribution in [0.15, 0.2) is 47.5 Å². The molecule has 6 nitrogen and oxygen atoms in total. The lowest BCUT2D eigenvalue weighted by Gasteiger charge is -2.34. The summed E-state index contributed by atoms with van der Waals surface area (Å²) in [5, 5.41) is 2.64. The van der Waals surface area contributed by atoms with Crippen LogP contribution in [0.4, 0.5) is 10.1 Å². The number of pyridine rings is 1. The van der Waals surface area contributed by atoms with E-state index in [4.69, 9.17) is 0 Å². The molecule has 0 bridgehead atoms. The number of hydrogen-bond donors (Lipinski definition) is 1. The molecule has 1 aromatic carbocycles. The summed E-state index contributed by atoms with van der Waals surface area (Å²) in [6, 6.07) is 8.48. The molecule has 1 aromatic heterocycles. The zero-order chi connectivity index (χ0) is 19.6. The number of nitrogens with zero attached hydrogens (tertiary/aromatic N) is 2. The Hall–Kier alpha value is -2.32. The molecule has 0 aliphatic carbocycles. The third-order valence-corrected chi connectivity index (χ3v) is 6.42. The first kappa shape index (κ1) is 19.4. The van der Waals surface area contributed by atoms with Crippen LogP contribution in [0, 0.1) is 17.8 Å². The van der Waals surface area contributed by atoms with Gasteiger partial charge in [-0.15, -0.1) is 0 Å². The Morgan fingerprint density at radius 1 is 1.11 bits per heavy atom. The Balaban J connectivity index is 1.72. The van der Waals surface area contributed by atoms with Gasteiger partial charge in [-0.05, 0) is 54.7 Å². The lowest BCUT2D eigenvalue weighted by molar-refractivity contribution is 0.102. The van der Waals surface area contributed by atoms with E-state index < -0.39 is 21.9 Å². The Labute approximate surface area is 158 Å². The van der Waals surface area contributed by atoms with Gasteiger partial charge in [-0.2, -0.15) is 8.70 Å². The monoisotopic (exact) mass is 391 g/mol. The van der Waals surface area contributed by atoms with Crippen molar-refractivity contribution in [1.82, 2.24) is 9.29 Å². The zero-order valence-corrected chi connectivity index (χ0v) is 16.0. The molecule has 144 valence electrons. The third-order valence-electron chi connectivity index (χ3n) is 4.57. The number of amides is 1. The van der Waals surface area contributed by atoms with Crippen molar-refractivity contribution in [1.29, 1.82) is 0 Å². The molecule has 1 saturated heterocycles. The van der Waals surface area contributed by atoms with Crippen molar-refractivity contribution >= 4 is 21.6 Å². The topological polar surface area (TPSA) is 79.4 Å². The smallest absolute Gasteiger partial charge is 0.257 e. The predicted octanol–water partition coefficient (Wildman–Crippen LogP) is 3.14. The van der Waals surface area contributed by atoms with E-state index in [0.29, 0.717) is 30.6 Å². The lowest BCUT2D eigenvalue weighted by atomic mass is 9.94. The Kier molecular flexibility index (Phi) is 5.57. The number of benzene rings is 1. The maximum atomic E-state index is 12.9. The quantitative estimate of drug-likeness (QED) is 0.812. The van der Waals surface area contributed by atoms with Crippen molar-refractivity contribution in [3.05, 3.63) is 54.1 Å². The summed E-state index contributed by atoms with van der Waals surface area (Å²) in [6.45, 7) is 5.15. The van der Waals surface area contributed by atoms with Crippen LogP contribution in [-0.4, -0.2) is 36.7 Å². The number of sulfonamides is 1. The van der Waals surface area contributed by atoms with E-state index in [1.54, 1.807) is 12.1 Å². The molecule has 27 heavy (non-hydrogen) atoms. The van der Waals surface area contributed by atoms with Crippen molar-refractivity contribution in [2.75, 3.05) is 18.4 Å². The molecule has 0 spiro atoms. The van der Waals surface area contributed by atoms with Crippen LogP contribution in [0.2, 0.25) is 0 Å². The summed E-state index contributed by atoms with van der Waals surface area (Å²) >= 11 is 0. The van der Waals surface area contributed by atoms with Crippen molar-refractivity contribution < 1.29 is 17.6 Å². The second kappa shape index (κ2) is 7.74. The first-order chi connectivity index (χ1) is 12.8. The van der Waals surface area contributed by atoms with Crippen LogP contribution in [0.3, 0.4) is 0 Å². The van der Waals surface area contributed by atoms with Gasteiger partial charge in [0.2, 0.25) is 16.0 Å². The fourth-order valence-corrected chi connectivity index (χ4v) is 5.05. The number of piperidine rings is 1. The third kappa shape index (κ3) is 4.51. The van der Waals surface area contributed by atoms with E-state index >= 15 is 0 Å². The maximum absolute atomic E-state index is 12.9. The fourth-order valence-electron chi connectivity index (χ4n) is 3.37. The van der Waals surface area contributed by atoms with Crippen LogP contribution >= 0.6 is 0 Å². The highest BCUT2D eigenvalue weighted by molar-refractivity contribution is 7.89. The highest BCUT2D eigenvalue weighted by Gasteiger charge is 2.31. The number of carbonyl (C=O) groups excluding carboxylic acids is 1. The molecule has 0 radical (unpaired) electrons. The molecule has 2 atom stereocenters. The SMILES string of the molecule is CC1CC(C)CN(S(=O)(=O)c2ccc(NC(=O)c3ccc(F)nc3)cc2)C1. The van der Waals surface area contributed by atoms with Crippen molar-refractivity contribution in [3.63, 3.8) is 0 Å². The number of anilines is 1. The first-order valence-electron chi connectivity index (χ1n) is 8.79. The molecule has 1 fully saturated rings. The molecular formula is C19H22FN3O3S. The summed E-state index contributed by atoms with van der Waals surface area (Å²) in [5.74, 6) is -0.461. The van der Waals surface area contributed by atoms with Gasteiger partial charge in [0, 0.05) is 25.0 Å². The average Bonchev–Trinajstić information content (AvgIpc) is 2.62. The van der Waals surface area contributed by atoms with Gasteiger partial charge < -0.3 is 5.32 Å². The summed E-state index contributed by atoms with van der Waals surface area (Å²) in [5.41, 5.74) is 0.660. The first-order valence-corrected chi connectivity index (χ1v) is 10.2. The molecule has 2 unspecified atom stereocenters. The van der Waals surface area contributed by atoms with Crippen LogP contribution < -0.4 is 5.32 Å². The molecule has 1 amide bonds. The number of rotatable bonds is 4. The maximum Gasteiger partial charge on any atom is 0.257 e. The standard InChI is InChI=1S/C19H22FN3O3S/c1-13-9-14(2)12-23(11-13)27(25,26)17-6-4-16(5-7-17)22-19(24)15-3-8-18(20)21-10-15/h3-8,10,13-14H,9,11-12H2,1-2H3,(H,22,24). The van der Waals surface area contributed by atoms with E-state index in [2.05, 4.69) is 24.1 Å². The van der Waals surface area contributed by atoms with E-state index in [1.807, 2.05) is 0 Å². The molecule has 1 aliphatic heterocycles. The average molecular weight is 391 g/mol. The van der Waals surface area contributed by atoms with E-state index in [0.717, 1.165) is 18.7 Å². The molecule has 1 N–H and O–H groups in total. The van der Waals surface area contributed by atoms with Gasteiger partial charge in [-0.3, -0.25) is 4.79 Å². The van der Waals surface area contributed by atoms with E-state index in [1.165, 1.54) is 22.5 Å².